The van der Waals surface area contributed by atoms with E-state index in [1.165, 1.54) is 12.5 Å². The van der Waals surface area contributed by atoms with Crippen molar-refractivity contribution in [3.05, 3.63) is 11.6 Å². The average molecular weight is 1350 g/mol. The van der Waals surface area contributed by atoms with Crippen LogP contribution in [0.3, 0.4) is 0 Å². The van der Waals surface area contributed by atoms with Crippen molar-refractivity contribution in [3.63, 3.8) is 0 Å². The van der Waals surface area contributed by atoms with Crippen LogP contribution in [0.25, 0.3) is 0 Å². The van der Waals surface area contributed by atoms with Crippen LogP contribution in [0.5, 0.6) is 0 Å². The highest BCUT2D eigenvalue weighted by Gasteiger charge is 2.71. The van der Waals surface area contributed by atoms with E-state index in [0.717, 1.165) is 19.3 Å². The summed E-state index contributed by atoms with van der Waals surface area (Å²) in [6.45, 7) is 14.2. The Balaban J connectivity index is 0.774. The minimum atomic E-state index is -1.95. The molecule has 30 heteroatoms. The number of hydrogen-bond donors (Lipinski definition) is 17. The zero-order valence-electron chi connectivity index (χ0n) is 54.6. The van der Waals surface area contributed by atoms with Crippen LogP contribution in [-0.4, -0.2) is 304 Å². The van der Waals surface area contributed by atoms with Crippen LogP contribution in [0.15, 0.2) is 11.6 Å². The van der Waals surface area contributed by atoms with Gasteiger partial charge in [0.25, 0.3) is 0 Å². The lowest BCUT2D eigenvalue weighted by atomic mass is 9.33. The topological polar surface area (TPSA) is 472 Å². The van der Waals surface area contributed by atoms with Crippen molar-refractivity contribution in [2.75, 3.05) is 33.0 Å². The van der Waals surface area contributed by atoms with Crippen molar-refractivity contribution in [1.29, 1.82) is 0 Å². The second kappa shape index (κ2) is 27.5. The van der Waals surface area contributed by atoms with Crippen LogP contribution in [0.1, 0.15) is 120 Å². The summed E-state index contributed by atoms with van der Waals surface area (Å²) < 4.78 is 71.2. The molecule has 6 aliphatic heterocycles. The van der Waals surface area contributed by atoms with Crippen LogP contribution in [-0.2, 0) is 61.6 Å². The van der Waals surface area contributed by atoms with E-state index in [2.05, 4.69) is 54.5 Å². The Morgan fingerprint density at radius 1 is 0.500 bits per heavy atom. The summed E-state index contributed by atoms with van der Waals surface area (Å²) in [7, 11) is 0. The largest absolute Gasteiger partial charge is 0.432 e. The second-order valence-corrected chi connectivity index (χ2v) is 31.0. The number of allylic oxidation sites excluding steroid dienone is 2. The molecule has 94 heavy (non-hydrogen) atoms. The molecule has 0 aromatic carbocycles. The number of fused-ring (bicyclic) bond motifs is 7. The monoisotopic (exact) mass is 1350 g/mol. The van der Waals surface area contributed by atoms with Gasteiger partial charge in [0.2, 0.25) is 6.29 Å². The Morgan fingerprint density at radius 2 is 1.04 bits per heavy atom. The van der Waals surface area contributed by atoms with Gasteiger partial charge < -0.3 is 144 Å². The van der Waals surface area contributed by atoms with Gasteiger partial charge in [-0.15, -0.1) is 0 Å². The van der Waals surface area contributed by atoms with Gasteiger partial charge in [0, 0.05) is 0 Å². The van der Waals surface area contributed by atoms with Gasteiger partial charge in [0.15, 0.2) is 31.5 Å². The van der Waals surface area contributed by atoms with E-state index in [1.807, 2.05) is 0 Å². The van der Waals surface area contributed by atoms with Crippen molar-refractivity contribution in [2.24, 2.45) is 50.2 Å². The highest BCUT2D eigenvalue weighted by atomic mass is 16.8. The lowest BCUT2D eigenvalue weighted by molar-refractivity contribution is -0.374. The number of ether oxygens (including phenoxy) is 12. The first-order valence-corrected chi connectivity index (χ1v) is 33.5. The fourth-order valence-electron chi connectivity index (χ4n) is 18.8. The maximum atomic E-state index is 15.5. The molecule has 36 atom stereocenters. The van der Waals surface area contributed by atoms with E-state index in [0.29, 0.717) is 44.9 Å². The zero-order chi connectivity index (χ0) is 68.4. The summed E-state index contributed by atoms with van der Waals surface area (Å²) >= 11 is 0. The molecule has 10 fully saturated rings. The van der Waals surface area contributed by atoms with E-state index in [1.54, 1.807) is 0 Å². The Hall–Kier alpha value is -1.91. The molecule has 0 bridgehead atoms. The van der Waals surface area contributed by atoms with Crippen LogP contribution in [0, 0.1) is 50.2 Å². The first-order valence-electron chi connectivity index (χ1n) is 33.5. The molecule has 0 unspecified atom stereocenters. The normalized spacial score (nSPS) is 54.2. The fraction of sp³-hybridized carbons (Fsp3) is 0.953. The van der Waals surface area contributed by atoms with Gasteiger partial charge in [-0.1, -0.05) is 60.1 Å². The van der Waals surface area contributed by atoms with Crippen molar-refractivity contribution in [3.8, 4) is 0 Å². The van der Waals surface area contributed by atoms with Crippen LogP contribution < -0.4 is 0 Å². The molecule has 0 amide bonds. The van der Waals surface area contributed by atoms with Crippen LogP contribution in [0.2, 0.25) is 0 Å². The fourth-order valence-corrected chi connectivity index (χ4v) is 18.8. The summed E-state index contributed by atoms with van der Waals surface area (Å²) in [5.74, 6) is -0.695. The molecule has 0 radical (unpaired) electrons. The highest BCUT2D eigenvalue weighted by molar-refractivity contribution is 5.79. The SMILES string of the molecule is C[C@@H]1O[C@@H](O[C@H]2[C@H](O)[C@@H](O)[C@H](OC(=O)[C@]34CCC(C)(C)C[C@H]3C3=CC[C@@H]5[C@@]6(C)CC[C@H](O[C@@H]7O[C@H](CO)[C@@H](O[C@@H]8OC[C@@H](O)[C@H](O[C@@H]9O[C@H](CO)[C@@H](O)[C@H](O)[C@H]9O)[C@H]8O)[C@H](O)[C@H]7O)C(C)(C)[C@@H]6CC[C@@]5(C)[C@]3(C)CC4)O[C@@H]2CO[C@@H]2OC[C@H](O)[C@H](O)[C@H]2O)[C@H](O)[C@H](O)[C@H]1O. The molecule has 30 nitrogen and oxygen atoms in total. The third-order valence-electron chi connectivity index (χ3n) is 24.8. The minimum Gasteiger partial charge on any atom is -0.432 e. The summed E-state index contributed by atoms with van der Waals surface area (Å²) in [4.78, 5) is 15.5. The maximum Gasteiger partial charge on any atom is 0.315 e. The third kappa shape index (κ3) is 12.6. The predicted octanol–water partition coefficient (Wildman–Crippen LogP) is -4.08. The summed E-state index contributed by atoms with van der Waals surface area (Å²) in [5.41, 5.74) is -1.58. The quantitative estimate of drug-likeness (QED) is 0.0421. The average Bonchev–Trinajstić information content (AvgIpc) is 0.676. The Kier molecular flexibility index (Phi) is 21.4. The van der Waals surface area contributed by atoms with Crippen molar-refractivity contribution in [2.45, 2.75) is 298 Å². The molecule has 4 saturated carbocycles. The van der Waals surface area contributed by atoms with Gasteiger partial charge in [-0.3, -0.25) is 4.79 Å². The molecule has 5 aliphatic carbocycles. The Morgan fingerprint density at radius 3 is 1.72 bits per heavy atom. The van der Waals surface area contributed by atoms with Crippen LogP contribution in [0.4, 0.5) is 0 Å². The van der Waals surface area contributed by atoms with Gasteiger partial charge in [0.05, 0.1) is 50.7 Å². The molecule has 0 aromatic rings. The number of aliphatic hydroxyl groups excluding tert-OH is 17. The summed E-state index contributed by atoms with van der Waals surface area (Å²) in [6, 6.07) is 0. The molecular weight excluding hydrogens is 1250 g/mol. The molecule has 6 heterocycles. The lowest BCUT2D eigenvalue weighted by Crippen LogP contribution is -2.67. The molecule has 11 rings (SSSR count). The van der Waals surface area contributed by atoms with E-state index >= 15 is 4.79 Å². The van der Waals surface area contributed by atoms with Gasteiger partial charge in [-0.2, -0.15) is 0 Å². The van der Waals surface area contributed by atoms with Gasteiger partial charge in [-0.25, -0.2) is 0 Å². The molecule has 11 aliphatic rings. The molecular formula is C64H104O30. The lowest BCUT2D eigenvalue weighted by Gasteiger charge is -2.71. The van der Waals surface area contributed by atoms with E-state index in [4.69, 9.17) is 56.8 Å². The van der Waals surface area contributed by atoms with Gasteiger partial charge >= 0.3 is 5.97 Å². The van der Waals surface area contributed by atoms with E-state index in [9.17, 15) is 86.8 Å². The van der Waals surface area contributed by atoms with E-state index in [-0.39, 0.29) is 34.0 Å². The highest BCUT2D eigenvalue weighted by Crippen LogP contribution is 2.76. The molecule has 0 spiro atoms. The number of rotatable bonds is 15. The maximum absolute atomic E-state index is 15.5. The summed E-state index contributed by atoms with van der Waals surface area (Å²) in [5, 5.41) is 184. The van der Waals surface area contributed by atoms with Crippen molar-refractivity contribution < 1.29 is 148 Å². The first kappa shape index (κ1) is 73.3. The number of aliphatic hydroxyl groups is 17. The third-order valence-corrected chi connectivity index (χ3v) is 24.8. The van der Waals surface area contributed by atoms with Crippen LogP contribution >= 0.6 is 0 Å². The minimum absolute atomic E-state index is 0.0787. The van der Waals surface area contributed by atoms with Crippen molar-refractivity contribution >= 4 is 5.97 Å². The second-order valence-electron chi connectivity index (χ2n) is 31.0. The number of carbonyl (C=O) groups is 1. The Labute approximate surface area is 545 Å². The number of esters is 1. The van der Waals surface area contributed by atoms with Crippen molar-refractivity contribution in [1.82, 2.24) is 0 Å². The molecule has 6 saturated heterocycles. The smallest absolute Gasteiger partial charge is 0.315 e. The summed E-state index contributed by atoms with van der Waals surface area (Å²) in [6.07, 6.45) is -37.6. The first-order chi connectivity index (χ1) is 44.1. The molecule has 540 valence electrons. The predicted molar refractivity (Wildman–Crippen MR) is 315 cm³/mol. The zero-order valence-corrected chi connectivity index (χ0v) is 54.6. The van der Waals surface area contributed by atoms with E-state index < -0.39 is 233 Å². The molecule has 17 N–H and O–H groups in total. The molecule has 0 aromatic heterocycles. The van der Waals surface area contributed by atoms with Gasteiger partial charge in [-0.05, 0) is 116 Å². The Bertz CT molecular complexity index is 2640. The standard InChI is InChI=1S/C64H104O30/c1-25-36(69)39(72)44(77)54(86-25)93-51-32(24-85-52-43(76)37(70)28(67)22-83-52)89-57(47(80)42(51)75)94-58(82)64-17-15-59(2,3)19-27(64)26-9-10-34-61(6)13-12-35(60(4,5)33(61)11-14-63(34,8)62(26,7)16-18-64)90-55-46(79)41(74)50(31(21-66)88-55)92-53-48(81)49(29(68)23-84-53)91-56-45(78)40(73)38(71)30(20-65)87-56/h9,25,27-57,65-81H,10-24H2,1-8H3/t25-,27-,28-,29+,30+,31+,32+,33-,34+,35-,36-,37-,38+,39+,40-,41+,42+,43+,44+,45+,46+,47+,48+,49-,50+,51+,52-,53-,54-,55-,56-,57-,61-,62+,63+,64-/m0/s1. The number of carbonyl (C=O) groups excluding carboxylic acids is 1. The van der Waals surface area contributed by atoms with Gasteiger partial charge in [0.1, 0.15) is 128 Å². The number of hydrogen-bond acceptors (Lipinski definition) is 30.